The Labute approximate surface area is 163 Å². The first-order chi connectivity index (χ1) is 13.5. The van der Waals surface area contributed by atoms with Gasteiger partial charge in [0.25, 0.3) is 0 Å². The zero-order chi connectivity index (χ0) is 19.7. The van der Waals surface area contributed by atoms with Gasteiger partial charge in [0.15, 0.2) is 0 Å². The first kappa shape index (κ1) is 17.9. The number of hydrogen-bond acceptors (Lipinski definition) is 4. The van der Waals surface area contributed by atoms with Gasteiger partial charge in [-0.05, 0) is 29.2 Å². The van der Waals surface area contributed by atoms with Gasteiger partial charge in [0, 0.05) is 19.8 Å². The molecule has 1 aliphatic carbocycles. The summed E-state index contributed by atoms with van der Waals surface area (Å²) in [6, 6.07) is 20.1. The number of fused-ring (bicyclic) bond motifs is 1. The summed E-state index contributed by atoms with van der Waals surface area (Å²) in [4.78, 5) is 23.9. The van der Waals surface area contributed by atoms with Gasteiger partial charge >= 0.3 is 5.97 Å². The Hall–Kier alpha value is -3.47. The Bertz CT molecular complexity index is 1070. The second-order valence-corrected chi connectivity index (χ2v) is 6.83. The van der Waals surface area contributed by atoms with Gasteiger partial charge in [-0.3, -0.25) is 9.59 Å². The molecule has 0 saturated carbocycles. The number of carbonyl (C=O) groups is 2. The molecule has 1 atom stereocenters. The number of esters is 1. The number of allylic oxidation sites excluding steroid dienone is 1. The maximum absolute atomic E-state index is 12.2. The number of benzene rings is 2. The summed E-state index contributed by atoms with van der Waals surface area (Å²) in [5.41, 5.74) is 4.74. The highest BCUT2D eigenvalue weighted by molar-refractivity contribution is 5.89. The van der Waals surface area contributed by atoms with Gasteiger partial charge in [-0.1, -0.05) is 60.7 Å². The minimum absolute atomic E-state index is 0.0705. The van der Waals surface area contributed by atoms with Crippen molar-refractivity contribution < 1.29 is 14.3 Å². The highest BCUT2D eigenvalue weighted by Crippen LogP contribution is 2.45. The molecular formula is C23H20N2O3. The highest BCUT2D eigenvalue weighted by atomic mass is 16.5. The number of aromatic nitrogens is 2. The quantitative estimate of drug-likeness (QED) is 0.633. The molecule has 3 aromatic rings. The predicted octanol–water partition coefficient (Wildman–Crippen LogP) is 4.54. The Balaban J connectivity index is 1.95. The van der Waals surface area contributed by atoms with E-state index in [2.05, 4.69) is 17.2 Å². The van der Waals surface area contributed by atoms with Crippen LogP contribution >= 0.6 is 0 Å². The summed E-state index contributed by atoms with van der Waals surface area (Å²) >= 11 is 0. The van der Waals surface area contributed by atoms with Crippen LogP contribution in [0, 0.1) is 0 Å². The molecule has 28 heavy (non-hydrogen) atoms. The van der Waals surface area contributed by atoms with Crippen LogP contribution < -0.4 is 4.74 Å². The average molecular weight is 372 g/mol. The van der Waals surface area contributed by atoms with Crippen molar-refractivity contribution in [2.75, 3.05) is 0 Å². The van der Waals surface area contributed by atoms with Crippen LogP contribution in [0.1, 0.15) is 53.4 Å². The number of rotatable bonds is 3. The largest absolute Gasteiger partial charge is 0.406 e. The lowest BCUT2D eigenvalue weighted by molar-refractivity contribution is -0.132. The second kappa shape index (κ2) is 7.27. The zero-order valence-electron chi connectivity index (χ0n) is 15.8. The minimum Gasteiger partial charge on any atom is -0.406 e. The molecule has 140 valence electrons. The molecule has 1 aromatic heterocycles. The van der Waals surface area contributed by atoms with Crippen molar-refractivity contribution in [1.29, 1.82) is 0 Å². The van der Waals surface area contributed by atoms with Crippen LogP contribution in [0.3, 0.4) is 0 Å². The number of carbonyl (C=O) groups excluding carboxylic acids is 2. The van der Waals surface area contributed by atoms with Gasteiger partial charge in [-0.15, -0.1) is 5.10 Å². The van der Waals surface area contributed by atoms with Gasteiger partial charge in [-0.2, -0.15) is 4.68 Å². The summed E-state index contributed by atoms with van der Waals surface area (Å²) in [6.45, 7) is 2.79. The normalized spacial score (nSPS) is 15.5. The number of nitrogens with zero attached hydrogens (tertiary/aromatic N) is 2. The lowest BCUT2D eigenvalue weighted by atomic mass is 9.79. The van der Waals surface area contributed by atoms with Crippen molar-refractivity contribution in [2.24, 2.45) is 0 Å². The van der Waals surface area contributed by atoms with Crippen molar-refractivity contribution in [3.05, 3.63) is 83.0 Å². The van der Waals surface area contributed by atoms with Crippen molar-refractivity contribution in [1.82, 2.24) is 9.78 Å². The average Bonchev–Trinajstić information content (AvgIpc) is 3.07. The van der Waals surface area contributed by atoms with E-state index in [1.54, 1.807) is 0 Å². The van der Waals surface area contributed by atoms with Crippen molar-refractivity contribution in [2.45, 2.75) is 26.2 Å². The van der Waals surface area contributed by atoms with Crippen LogP contribution in [-0.2, 0) is 4.79 Å². The summed E-state index contributed by atoms with van der Waals surface area (Å²) in [5.74, 6) is -0.554. The standard InChI is InChI=1S/C23H20N2O3/c1-15(26)25-21-14-19(17-9-5-3-6-10-17)13-20(18-11-7-4-8-12-18)22(21)23(24-25)28-16(2)27/h3-12,14,20H,13H2,1-2H3. The maximum atomic E-state index is 12.2. The zero-order valence-corrected chi connectivity index (χ0v) is 15.8. The molecule has 0 bridgehead atoms. The molecule has 5 heteroatoms. The topological polar surface area (TPSA) is 61.2 Å². The Morgan fingerprint density at radius 2 is 1.64 bits per heavy atom. The van der Waals surface area contributed by atoms with Crippen LogP contribution in [-0.4, -0.2) is 21.7 Å². The Kier molecular flexibility index (Phi) is 4.65. The van der Waals surface area contributed by atoms with E-state index in [0.717, 1.165) is 28.7 Å². The molecule has 0 radical (unpaired) electrons. The molecule has 1 unspecified atom stereocenters. The van der Waals surface area contributed by atoms with Crippen LogP contribution in [0.5, 0.6) is 5.88 Å². The van der Waals surface area contributed by atoms with Gasteiger partial charge in [-0.25, -0.2) is 0 Å². The lowest BCUT2D eigenvalue weighted by Gasteiger charge is -2.24. The van der Waals surface area contributed by atoms with E-state index >= 15 is 0 Å². The van der Waals surface area contributed by atoms with E-state index in [0.29, 0.717) is 5.69 Å². The third-order valence-corrected chi connectivity index (χ3v) is 4.89. The molecule has 0 spiro atoms. The third kappa shape index (κ3) is 3.27. The molecule has 0 N–H and O–H groups in total. The van der Waals surface area contributed by atoms with Crippen LogP contribution in [0.4, 0.5) is 0 Å². The fourth-order valence-electron chi connectivity index (χ4n) is 3.71. The molecule has 0 amide bonds. The van der Waals surface area contributed by atoms with Crippen LogP contribution in [0.25, 0.3) is 11.6 Å². The van der Waals surface area contributed by atoms with Crippen molar-refractivity contribution in [3.63, 3.8) is 0 Å². The molecule has 0 saturated heterocycles. The lowest BCUT2D eigenvalue weighted by Crippen LogP contribution is -2.14. The van der Waals surface area contributed by atoms with Crippen molar-refractivity contribution in [3.8, 4) is 5.88 Å². The summed E-state index contributed by atoms with van der Waals surface area (Å²) < 4.78 is 6.71. The first-order valence-corrected chi connectivity index (χ1v) is 9.18. The fraction of sp³-hybridized carbons (Fsp3) is 0.174. The van der Waals surface area contributed by atoms with E-state index in [1.165, 1.54) is 18.5 Å². The molecule has 0 aliphatic heterocycles. The summed E-state index contributed by atoms with van der Waals surface area (Å²) in [6.07, 6.45) is 2.70. The molecule has 1 heterocycles. The monoisotopic (exact) mass is 372 g/mol. The molecule has 4 rings (SSSR count). The fourth-order valence-corrected chi connectivity index (χ4v) is 3.71. The number of ether oxygens (including phenoxy) is 1. The SMILES string of the molecule is CC(=O)Oc1nn(C(C)=O)c2c1C(c1ccccc1)CC(c1ccccc1)=C2. The molecule has 1 aliphatic rings. The maximum Gasteiger partial charge on any atom is 0.309 e. The predicted molar refractivity (Wildman–Crippen MR) is 107 cm³/mol. The Morgan fingerprint density at radius 3 is 2.25 bits per heavy atom. The number of hydrogen-bond donors (Lipinski definition) is 0. The summed E-state index contributed by atoms with van der Waals surface area (Å²) in [7, 11) is 0. The van der Waals surface area contributed by atoms with Gasteiger partial charge in [0.2, 0.25) is 11.8 Å². The Morgan fingerprint density at radius 1 is 1.00 bits per heavy atom. The minimum atomic E-state index is -0.458. The second-order valence-electron chi connectivity index (χ2n) is 6.83. The highest BCUT2D eigenvalue weighted by Gasteiger charge is 2.33. The summed E-state index contributed by atoms with van der Waals surface area (Å²) in [5, 5.41) is 4.31. The molecule has 0 fully saturated rings. The van der Waals surface area contributed by atoms with Crippen LogP contribution in [0.15, 0.2) is 60.7 Å². The van der Waals surface area contributed by atoms with E-state index in [9.17, 15) is 9.59 Å². The van der Waals surface area contributed by atoms with E-state index < -0.39 is 5.97 Å². The van der Waals surface area contributed by atoms with E-state index in [1.807, 2.05) is 54.6 Å². The third-order valence-electron chi connectivity index (χ3n) is 4.89. The molecular weight excluding hydrogens is 352 g/mol. The van der Waals surface area contributed by atoms with Gasteiger partial charge in [0.05, 0.1) is 11.3 Å². The van der Waals surface area contributed by atoms with E-state index in [4.69, 9.17) is 4.74 Å². The van der Waals surface area contributed by atoms with E-state index in [-0.39, 0.29) is 17.7 Å². The van der Waals surface area contributed by atoms with Gasteiger partial charge in [0.1, 0.15) is 0 Å². The molecule has 5 nitrogen and oxygen atoms in total. The smallest absolute Gasteiger partial charge is 0.309 e. The van der Waals surface area contributed by atoms with Gasteiger partial charge < -0.3 is 4.74 Å². The first-order valence-electron chi connectivity index (χ1n) is 9.18. The van der Waals surface area contributed by atoms with Crippen LogP contribution in [0.2, 0.25) is 0 Å². The molecule has 2 aromatic carbocycles. The van der Waals surface area contributed by atoms with Crippen molar-refractivity contribution >= 4 is 23.5 Å².